The average Bonchev–Trinajstić information content (AvgIpc) is 3.05. The first-order valence-corrected chi connectivity index (χ1v) is 13.0. The number of nitrogens with one attached hydrogen (secondary N) is 1. The topological polar surface area (TPSA) is 73.0 Å². The zero-order valence-electron chi connectivity index (χ0n) is 20.4. The van der Waals surface area contributed by atoms with Crippen LogP contribution in [-0.2, 0) is 9.59 Å². The molecule has 0 spiro atoms. The normalized spacial score (nSPS) is 21.9. The summed E-state index contributed by atoms with van der Waals surface area (Å²) in [5, 5.41) is 3.12. The van der Waals surface area contributed by atoms with Crippen LogP contribution in [0.3, 0.4) is 0 Å². The quantitative estimate of drug-likeness (QED) is 0.416. The molecule has 2 aliphatic heterocycles. The van der Waals surface area contributed by atoms with Gasteiger partial charge in [0.05, 0.1) is 5.75 Å². The van der Waals surface area contributed by atoms with Crippen LogP contribution in [0.2, 0.25) is 0 Å². The molecule has 4 amide bonds. The van der Waals surface area contributed by atoms with Crippen LogP contribution in [0.4, 0.5) is 4.79 Å². The molecule has 2 heterocycles. The van der Waals surface area contributed by atoms with Crippen molar-refractivity contribution in [1.82, 2.24) is 20.0 Å². The van der Waals surface area contributed by atoms with Gasteiger partial charge in [-0.15, -0.1) is 11.8 Å². The Labute approximate surface area is 202 Å². The highest BCUT2D eigenvalue weighted by Crippen LogP contribution is 2.38. The number of rotatable bonds is 10. The molecule has 1 N–H and O–H groups in total. The summed E-state index contributed by atoms with van der Waals surface area (Å²) in [7, 11) is 3.88. The van der Waals surface area contributed by atoms with E-state index < -0.39 is 5.54 Å². The van der Waals surface area contributed by atoms with Crippen LogP contribution < -0.4 is 5.32 Å². The number of amides is 4. The maximum Gasteiger partial charge on any atom is 0.325 e. The Bertz CT molecular complexity index is 824. The Hall–Kier alpha value is -2.06. The van der Waals surface area contributed by atoms with Gasteiger partial charge in [0.25, 0.3) is 5.91 Å². The largest absolute Gasteiger partial charge is 0.342 e. The number of imide groups is 1. The predicted molar refractivity (Wildman–Crippen MR) is 132 cm³/mol. The fraction of sp³-hybridized carbons (Fsp3) is 0.640. The van der Waals surface area contributed by atoms with Crippen molar-refractivity contribution in [2.45, 2.75) is 50.0 Å². The zero-order valence-corrected chi connectivity index (χ0v) is 21.2. The molecule has 1 aromatic rings. The van der Waals surface area contributed by atoms with E-state index in [2.05, 4.69) is 19.2 Å². The van der Waals surface area contributed by atoms with Gasteiger partial charge in [-0.05, 0) is 63.7 Å². The average molecular weight is 475 g/mol. The number of likely N-dealkylation sites (N-methyl/N-ethyl adjacent to an activating group) is 1. The fourth-order valence-corrected chi connectivity index (χ4v) is 5.51. The van der Waals surface area contributed by atoms with E-state index >= 15 is 0 Å². The van der Waals surface area contributed by atoms with Gasteiger partial charge in [0, 0.05) is 31.1 Å². The molecule has 0 aliphatic carbocycles. The maximum atomic E-state index is 13.6. The minimum atomic E-state index is -0.846. The summed E-state index contributed by atoms with van der Waals surface area (Å²) in [5.41, 5.74) is -0.846. The lowest BCUT2D eigenvalue weighted by Gasteiger charge is -2.41. The van der Waals surface area contributed by atoms with Gasteiger partial charge in [0.15, 0.2) is 0 Å². The third kappa shape index (κ3) is 6.29. The van der Waals surface area contributed by atoms with E-state index in [0.29, 0.717) is 44.3 Å². The highest BCUT2D eigenvalue weighted by molar-refractivity contribution is 8.00. The summed E-state index contributed by atoms with van der Waals surface area (Å²) >= 11 is 1.55. The number of hydrogen-bond acceptors (Lipinski definition) is 5. The number of hydrogen-bond donors (Lipinski definition) is 1. The third-order valence-corrected chi connectivity index (χ3v) is 7.74. The summed E-state index contributed by atoms with van der Waals surface area (Å²) in [6.45, 7) is 6.59. The molecule has 3 rings (SSSR count). The Morgan fingerprint density at radius 1 is 1.18 bits per heavy atom. The summed E-state index contributed by atoms with van der Waals surface area (Å²) in [6.07, 6.45) is 2.98. The monoisotopic (exact) mass is 474 g/mol. The number of thioether (sulfide) groups is 1. The SMILES string of the molecule is CC(C)CC[C@@]1(C2CCN(C(=O)CSc3ccccc3)CC2)NC(=O)N(CCN(C)C)C1=O. The highest BCUT2D eigenvalue weighted by atomic mass is 32.2. The van der Waals surface area contributed by atoms with Crippen LogP contribution in [0, 0.1) is 11.8 Å². The molecule has 1 aromatic carbocycles. The molecule has 2 saturated heterocycles. The van der Waals surface area contributed by atoms with Crippen molar-refractivity contribution in [2.24, 2.45) is 11.8 Å². The molecule has 1 atom stereocenters. The zero-order chi connectivity index (χ0) is 24.0. The number of nitrogens with zero attached hydrogens (tertiary/aromatic N) is 3. The number of carbonyl (C=O) groups is 3. The van der Waals surface area contributed by atoms with Crippen LogP contribution in [0.15, 0.2) is 35.2 Å². The van der Waals surface area contributed by atoms with Gasteiger partial charge in [-0.25, -0.2) is 4.79 Å². The number of benzene rings is 1. The van der Waals surface area contributed by atoms with Crippen molar-refractivity contribution >= 4 is 29.6 Å². The fourth-order valence-electron chi connectivity index (χ4n) is 4.69. The first-order valence-electron chi connectivity index (χ1n) is 12.0. The molecule has 0 bridgehead atoms. The van der Waals surface area contributed by atoms with Crippen molar-refractivity contribution < 1.29 is 14.4 Å². The molecule has 2 fully saturated rings. The Kier molecular flexibility index (Phi) is 8.82. The molecule has 0 aromatic heterocycles. The van der Waals surface area contributed by atoms with E-state index in [4.69, 9.17) is 0 Å². The summed E-state index contributed by atoms with van der Waals surface area (Å²) in [4.78, 5) is 45.5. The van der Waals surface area contributed by atoms with Gasteiger partial charge in [0.1, 0.15) is 5.54 Å². The van der Waals surface area contributed by atoms with E-state index in [0.717, 1.165) is 24.2 Å². The second-order valence-corrected chi connectivity index (χ2v) is 10.9. The Morgan fingerprint density at radius 2 is 1.85 bits per heavy atom. The molecule has 182 valence electrons. The molecule has 7 nitrogen and oxygen atoms in total. The molecular weight excluding hydrogens is 436 g/mol. The van der Waals surface area contributed by atoms with Crippen molar-refractivity contribution in [3.05, 3.63) is 30.3 Å². The molecule has 0 radical (unpaired) electrons. The van der Waals surface area contributed by atoms with E-state index in [1.54, 1.807) is 11.8 Å². The number of likely N-dealkylation sites (tertiary alicyclic amines) is 1. The van der Waals surface area contributed by atoms with Crippen LogP contribution in [-0.4, -0.2) is 84.1 Å². The molecule has 0 saturated carbocycles. The van der Waals surface area contributed by atoms with Crippen LogP contribution >= 0.6 is 11.8 Å². The van der Waals surface area contributed by atoms with Crippen molar-refractivity contribution in [2.75, 3.05) is 46.0 Å². The standard InChI is InChI=1S/C25H38N4O3S/c1-19(2)10-13-25(23(31)29(24(32)26-25)17-16-27(3)4)20-11-14-28(15-12-20)22(30)18-33-21-8-6-5-7-9-21/h5-9,19-20H,10-18H2,1-4H3,(H,26,32)/t25-/m0/s1. The lowest BCUT2D eigenvalue weighted by Crippen LogP contribution is -2.57. The maximum absolute atomic E-state index is 13.6. The summed E-state index contributed by atoms with van der Waals surface area (Å²) in [6, 6.07) is 9.67. The minimum absolute atomic E-state index is 0.0443. The van der Waals surface area contributed by atoms with Gasteiger partial charge in [-0.2, -0.15) is 0 Å². The predicted octanol–water partition coefficient (Wildman–Crippen LogP) is 3.31. The van der Waals surface area contributed by atoms with Crippen molar-refractivity contribution in [3.63, 3.8) is 0 Å². The molecule has 0 unspecified atom stereocenters. The van der Waals surface area contributed by atoms with Crippen LogP contribution in [0.25, 0.3) is 0 Å². The van der Waals surface area contributed by atoms with Gasteiger partial charge in [-0.3, -0.25) is 14.5 Å². The van der Waals surface area contributed by atoms with E-state index in [-0.39, 0.29) is 23.8 Å². The summed E-state index contributed by atoms with van der Waals surface area (Å²) in [5.74, 6) is 0.954. The van der Waals surface area contributed by atoms with Crippen molar-refractivity contribution in [1.29, 1.82) is 0 Å². The van der Waals surface area contributed by atoms with Crippen molar-refractivity contribution in [3.8, 4) is 0 Å². The lowest BCUT2D eigenvalue weighted by atomic mass is 9.74. The number of piperidine rings is 1. The van der Waals surface area contributed by atoms with E-state index in [1.165, 1.54) is 4.90 Å². The van der Waals surface area contributed by atoms with Gasteiger partial charge in [-0.1, -0.05) is 32.0 Å². The lowest BCUT2D eigenvalue weighted by molar-refractivity contribution is -0.135. The Morgan fingerprint density at radius 3 is 2.45 bits per heavy atom. The molecule has 8 heteroatoms. The minimum Gasteiger partial charge on any atom is -0.342 e. The first kappa shape index (κ1) is 25.6. The second kappa shape index (κ2) is 11.4. The molecule has 33 heavy (non-hydrogen) atoms. The van der Waals surface area contributed by atoms with Crippen LogP contribution in [0.1, 0.15) is 39.5 Å². The Balaban J connectivity index is 1.64. The summed E-state index contributed by atoms with van der Waals surface area (Å²) < 4.78 is 0. The van der Waals surface area contributed by atoms with Gasteiger partial charge < -0.3 is 15.1 Å². The molecular formula is C25H38N4O3S. The van der Waals surface area contributed by atoms with Gasteiger partial charge >= 0.3 is 6.03 Å². The van der Waals surface area contributed by atoms with E-state index in [1.807, 2.05) is 54.2 Å². The van der Waals surface area contributed by atoms with Gasteiger partial charge in [0.2, 0.25) is 5.91 Å². The number of urea groups is 1. The third-order valence-electron chi connectivity index (χ3n) is 6.74. The first-order chi connectivity index (χ1) is 15.7. The second-order valence-electron chi connectivity index (χ2n) is 9.85. The van der Waals surface area contributed by atoms with Crippen LogP contribution in [0.5, 0.6) is 0 Å². The van der Waals surface area contributed by atoms with E-state index in [9.17, 15) is 14.4 Å². The highest BCUT2D eigenvalue weighted by Gasteiger charge is 2.55. The number of carbonyl (C=O) groups excluding carboxylic acids is 3. The smallest absolute Gasteiger partial charge is 0.325 e. The molecule has 2 aliphatic rings.